The molecular formula is C25H44O2. The van der Waals surface area contributed by atoms with Crippen LogP contribution in [-0.2, 0) is 0 Å². The van der Waals surface area contributed by atoms with Crippen LogP contribution in [0.25, 0.3) is 0 Å². The average molecular weight is 377 g/mol. The van der Waals surface area contributed by atoms with Crippen molar-refractivity contribution in [3.8, 4) is 0 Å². The fourth-order valence-electron chi connectivity index (χ4n) is 8.86. The number of fused-ring (bicyclic) bond motifs is 5. The highest BCUT2D eigenvalue weighted by Crippen LogP contribution is 2.68. The Labute approximate surface area is 167 Å². The van der Waals surface area contributed by atoms with Gasteiger partial charge in [0.1, 0.15) is 0 Å². The molecule has 2 N–H and O–H groups in total. The summed E-state index contributed by atoms with van der Waals surface area (Å²) in [6, 6.07) is 0. The summed E-state index contributed by atoms with van der Waals surface area (Å²) in [5.74, 6) is 5.69. The molecule has 2 heteroatoms. The summed E-state index contributed by atoms with van der Waals surface area (Å²) in [6.07, 6.45) is 13.2. The van der Waals surface area contributed by atoms with Gasteiger partial charge in [0.05, 0.1) is 11.7 Å². The average Bonchev–Trinajstić information content (AvgIpc) is 3.30. The maximum atomic E-state index is 11.2. The molecule has 0 saturated heterocycles. The van der Waals surface area contributed by atoms with E-state index in [4.69, 9.17) is 0 Å². The fourth-order valence-corrected chi connectivity index (χ4v) is 8.86. The van der Waals surface area contributed by atoms with Gasteiger partial charge in [0.25, 0.3) is 0 Å². The Morgan fingerprint density at radius 2 is 1.67 bits per heavy atom. The van der Waals surface area contributed by atoms with Crippen molar-refractivity contribution in [2.45, 2.75) is 110 Å². The molecule has 1 unspecified atom stereocenters. The van der Waals surface area contributed by atoms with Gasteiger partial charge in [0, 0.05) is 0 Å². The van der Waals surface area contributed by atoms with Gasteiger partial charge in [-0.2, -0.15) is 0 Å². The van der Waals surface area contributed by atoms with Gasteiger partial charge >= 0.3 is 0 Å². The second kappa shape index (κ2) is 7.31. The third kappa shape index (κ3) is 3.12. The maximum Gasteiger partial charge on any atom is 0.0676 e. The molecule has 0 amide bonds. The molecule has 0 bridgehead atoms. The lowest BCUT2D eigenvalue weighted by Gasteiger charge is -2.49. The van der Waals surface area contributed by atoms with Crippen molar-refractivity contribution >= 4 is 0 Å². The van der Waals surface area contributed by atoms with Crippen LogP contribution in [0.15, 0.2) is 0 Å². The van der Waals surface area contributed by atoms with Crippen molar-refractivity contribution < 1.29 is 10.2 Å². The Bertz CT molecular complexity index is 532. The van der Waals surface area contributed by atoms with E-state index in [0.717, 1.165) is 61.2 Å². The zero-order valence-corrected chi connectivity index (χ0v) is 18.3. The van der Waals surface area contributed by atoms with Crippen molar-refractivity contribution in [1.82, 2.24) is 0 Å². The van der Waals surface area contributed by atoms with Crippen molar-refractivity contribution in [2.75, 3.05) is 0 Å². The Morgan fingerprint density at radius 3 is 2.37 bits per heavy atom. The summed E-state index contributed by atoms with van der Waals surface area (Å²) in [6.45, 7) is 9.38. The molecule has 2 nitrogen and oxygen atoms in total. The molecule has 10 atom stereocenters. The van der Waals surface area contributed by atoms with Gasteiger partial charge < -0.3 is 10.2 Å². The Balaban J connectivity index is 1.47. The standard InChI is InChI=1S/C25H44O2/c1-5-17(26)8-7-16(3)21-9-10-22-20-15-23-19(12-14-25(23,27)6-2)18(20)11-13-24(21,22)4/h16-23,26-27H,5-15H2,1-4H3/t16-,17-,18-,19-,20-,21-,22+,23?,24-,25+/m1/s1. The summed E-state index contributed by atoms with van der Waals surface area (Å²) in [7, 11) is 0. The minimum absolute atomic E-state index is 0.103. The molecule has 0 radical (unpaired) electrons. The molecule has 0 heterocycles. The van der Waals surface area contributed by atoms with E-state index in [1.807, 2.05) is 0 Å². The number of hydrogen-bond acceptors (Lipinski definition) is 2. The van der Waals surface area contributed by atoms with Crippen molar-refractivity contribution in [3.05, 3.63) is 0 Å². The Kier molecular flexibility index (Phi) is 5.47. The van der Waals surface area contributed by atoms with Crippen molar-refractivity contribution in [1.29, 1.82) is 0 Å². The van der Waals surface area contributed by atoms with Gasteiger partial charge in [0.15, 0.2) is 0 Å². The first-order valence-electron chi connectivity index (χ1n) is 12.2. The first-order valence-corrected chi connectivity index (χ1v) is 12.2. The molecule has 4 saturated carbocycles. The van der Waals surface area contributed by atoms with E-state index in [2.05, 4.69) is 27.7 Å². The van der Waals surface area contributed by atoms with E-state index >= 15 is 0 Å². The smallest absolute Gasteiger partial charge is 0.0676 e. The zero-order valence-electron chi connectivity index (χ0n) is 18.3. The van der Waals surface area contributed by atoms with Gasteiger partial charge in [-0.3, -0.25) is 0 Å². The first-order chi connectivity index (χ1) is 12.8. The van der Waals surface area contributed by atoms with Crippen LogP contribution in [-0.4, -0.2) is 21.9 Å². The molecule has 4 fully saturated rings. The molecule has 27 heavy (non-hydrogen) atoms. The highest BCUT2D eigenvalue weighted by Gasteiger charge is 2.62. The van der Waals surface area contributed by atoms with Crippen LogP contribution in [0, 0.1) is 46.8 Å². The minimum atomic E-state index is -0.347. The molecule has 156 valence electrons. The minimum Gasteiger partial charge on any atom is -0.393 e. The van der Waals surface area contributed by atoms with Crippen LogP contribution in [0.2, 0.25) is 0 Å². The number of rotatable bonds is 6. The van der Waals surface area contributed by atoms with Crippen LogP contribution < -0.4 is 0 Å². The molecule has 0 spiro atoms. The van der Waals surface area contributed by atoms with Gasteiger partial charge in [-0.15, -0.1) is 0 Å². The van der Waals surface area contributed by atoms with Gasteiger partial charge in [0.2, 0.25) is 0 Å². The second-order valence-corrected chi connectivity index (χ2v) is 11.3. The number of aliphatic hydroxyl groups is 2. The third-order valence-electron chi connectivity index (χ3n) is 10.5. The summed E-state index contributed by atoms with van der Waals surface area (Å²) >= 11 is 0. The number of hydrogen-bond donors (Lipinski definition) is 2. The van der Waals surface area contributed by atoms with Crippen molar-refractivity contribution in [2.24, 2.45) is 46.8 Å². The fraction of sp³-hybridized carbons (Fsp3) is 1.00. The number of aliphatic hydroxyl groups excluding tert-OH is 1. The van der Waals surface area contributed by atoms with Crippen LogP contribution in [0.4, 0.5) is 0 Å². The van der Waals surface area contributed by atoms with Crippen LogP contribution in [0.1, 0.15) is 98.3 Å². The molecular weight excluding hydrogens is 332 g/mol. The van der Waals surface area contributed by atoms with Crippen LogP contribution in [0.5, 0.6) is 0 Å². The maximum absolute atomic E-state index is 11.2. The largest absolute Gasteiger partial charge is 0.393 e. The summed E-state index contributed by atoms with van der Waals surface area (Å²) < 4.78 is 0. The Morgan fingerprint density at radius 1 is 0.926 bits per heavy atom. The molecule has 4 rings (SSSR count). The molecule has 0 aliphatic heterocycles. The van der Waals surface area contributed by atoms with E-state index in [0.29, 0.717) is 11.3 Å². The predicted octanol–water partition coefficient (Wildman–Crippen LogP) is 5.80. The molecule has 0 aromatic carbocycles. The van der Waals surface area contributed by atoms with E-state index in [1.54, 1.807) is 0 Å². The van der Waals surface area contributed by atoms with E-state index in [-0.39, 0.29) is 11.7 Å². The van der Waals surface area contributed by atoms with E-state index < -0.39 is 0 Å². The van der Waals surface area contributed by atoms with E-state index in [1.165, 1.54) is 44.9 Å². The predicted molar refractivity (Wildman–Crippen MR) is 111 cm³/mol. The second-order valence-electron chi connectivity index (χ2n) is 11.3. The van der Waals surface area contributed by atoms with Gasteiger partial charge in [-0.05, 0) is 117 Å². The van der Waals surface area contributed by atoms with Crippen LogP contribution in [0.3, 0.4) is 0 Å². The molecule has 4 aliphatic rings. The monoisotopic (exact) mass is 376 g/mol. The third-order valence-corrected chi connectivity index (χ3v) is 10.5. The highest BCUT2D eigenvalue weighted by atomic mass is 16.3. The lowest BCUT2D eigenvalue weighted by atomic mass is 9.56. The van der Waals surface area contributed by atoms with E-state index in [9.17, 15) is 10.2 Å². The normalized spacial score (nSPS) is 50.9. The first kappa shape index (κ1) is 20.2. The lowest BCUT2D eigenvalue weighted by Crippen LogP contribution is -2.42. The summed E-state index contributed by atoms with van der Waals surface area (Å²) in [5, 5.41) is 21.2. The zero-order chi connectivity index (χ0) is 19.4. The quantitative estimate of drug-likeness (QED) is 0.615. The topological polar surface area (TPSA) is 40.5 Å². The van der Waals surface area contributed by atoms with Gasteiger partial charge in [-0.25, -0.2) is 0 Å². The van der Waals surface area contributed by atoms with Crippen LogP contribution >= 0.6 is 0 Å². The summed E-state index contributed by atoms with van der Waals surface area (Å²) in [5.41, 5.74) is 0.167. The lowest BCUT2D eigenvalue weighted by molar-refractivity contribution is -0.0153. The molecule has 0 aromatic rings. The van der Waals surface area contributed by atoms with Crippen molar-refractivity contribution in [3.63, 3.8) is 0 Å². The van der Waals surface area contributed by atoms with Gasteiger partial charge in [-0.1, -0.05) is 27.7 Å². The Hall–Kier alpha value is -0.0800. The molecule has 4 aliphatic carbocycles. The summed E-state index contributed by atoms with van der Waals surface area (Å²) in [4.78, 5) is 0. The molecule has 0 aromatic heterocycles. The SMILES string of the molecule is CC[C@@H](O)CC[C@@H](C)[C@H]1CC[C@H]2[C@@H]3CC4[C@H](CC[C@@]4(O)CC)[C@H]3CC[C@]12C. The highest BCUT2D eigenvalue weighted by molar-refractivity contribution is 5.12.